The monoisotopic (exact) mass is 404 g/mol. The molecule has 1 unspecified atom stereocenters. The lowest BCUT2D eigenvalue weighted by molar-refractivity contribution is -0.136. The zero-order valence-corrected chi connectivity index (χ0v) is 16.6. The van der Waals surface area contributed by atoms with Crippen LogP contribution < -0.4 is 5.32 Å². The Morgan fingerprint density at radius 1 is 1.17 bits per heavy atom. The van der Waals surface area contributed by atoms with Gasteiger partial charge in [-0.05, 0) is 43.2 Å². The minimum absolute atomic E-state index is 0.186. The van der Waals surface area contributed by atoms with Crippen LogP contribution in [0.3, 0.4) is 0 Å². The molecule has 5 rings (SSSR count). The molecular formula is C22H20N4O4. The number of rotatable bonds is 3. The molecule has 152 valence electrons. The average molecular weight is 404 g/mol. The van der Waals surface area contributed by atoms with Crippen molar-refractivity contribution in [1.29, 1.82) is 0 Å². The Balaban J connectivity index is 1.49. The average Bonchev–Trinajstić information content (AvgIpc) is 3.39. The van der Waals surface area contributed by atoms with Crippen molar-refractivity contribution >= 4 is 17.7 Å². The van der Waals surface area contributed by atoms with Gasteiger partial charge in [-0.2, -0.15) is 0 Å². The van der Waals surface area contributed by atoms with E-state index in [1.54, 1.807) is 17.3 Å². The van der Waals surface area contributed by atoms with E-state index < -0.39 is 11.9 Å². The van der Waals surface area contributed by atoms with Crippen molar-refractivity contribution in [2.24, 2.45) is 7.05 Å². The Kier molecular flexibility index (Phi) is 4.09. The lowest BCUT2D eigenvalue weighted by atomic mass is 10.0. The molecule has 0 saturated carbocycles. The van der Waals surface area contributed by atoms with Crippen LogP contribution in [-0.4, -0.2) is 38.2 Å². The van der Waals surface area contributed by atoms with Crippen molar-refractivity contribution in [3.63, 3.8) is 0 Å². The molecule has 2 aliphatic heterocycles. The Bertz CT molecular complexity index is 1210. The van der Waals surface area contributed by atoms with Gasteiger partial charge in [-0.25, -0.2) is 4.98 Å². The molecule has 30 heavy (non-hydrogen) atoms. The molecule has 1 fully saturated rings. The second-order valence-corrected chi connectivity index (χ2v) is 7.73. The first-order chi connectivity index (χ1) is 14.4. The second-order valence-electron chi connectivity index (χ2n) is 7.73. The minimum Gasteiger partial charge on any atom is -0.460 e. The van der Waals surface area contributed by atoms with Gasteiger partial charge in [0.1, 0.15) is 17.5 Å². The van der Waals surface area contributed by atoms with Gasteiger partial charge in [0.25, 0.3) is 5.91 Å². The Labute approximate surface area is 172 Å². The molecule has 0 radical (unpaired) electrons. The molecule has 1 N–H and O–H groups in total. The summed E-state index contributed by atoms with van der Waals surface area (Å²) in [5.74, 6) is 0.654. The molecule has 0 bridgehead atoms. The summed E-state index contributed by atoms with van der Waals surface area (Å²) in [7, 11) is 1.91. The molecule has 2 aromatic heterocycles. The van der Waals surface area contributed by atoms with Crippen molar-refractivity contribution in [1.82, 2.24) is 19.8 Å². The summed E-state index contributed by atoms with van der Waals surface area (Å²) in [6.07, 6.45) is 2.32. The Hall–Kier alpha value is -3.68. The fraction of sp³-hybridized carbons (Fsp3) is 0.273. The zero-order valence-electron chi connectivity index (χ0n) is 16.6. The number of imide groups is 1. The fourth-order valence-corrected chi connectivity index (χ4v) is 4.22. The lowest BCUT2D eigenvalue weighted by Crippen LogP contribution is -2.52. The van der Waals surface area contributed by atoms with E-state index in [9.17, 15) is 14.4 Å². The number of hydrogen-bond acceptors (Lipinski definition) is 5. The van der Waals surface area contributed by atoms with Crippen molar-refractivity contribution in [3.8, 4) is 22.7 Å². The van der Waals surface area contributed by atoms with Gasteiger partial charge in [0, 0.05) is 31.1 Å². The number of imidazole rings is 1. The van der Waals surface area contributed by atoms with Gasteiger partial charge in [0.05, 0.1) is 12.0 Å². The number of nitrogens with zero attached hydrogens (tertiary/aromatic N) is 3. The van der Waals surface area contributed by atoms with Crippen LogP contribution in [-0.2, 0) is 23.2 Å². The van der Waals surface area contributed by atoms with E-state index in [1.165, 1.54) is 0 Å². The number of nitrogens with one attached hydrogen (secondary N) is 1. The summed E-state index contributed by atoms with van der Waals surface area (Å²) in [5, 5.41) is 2.33. The highest BCUT2D eigenvalue weighted by molar-refractivity contribution is 6.05. The first-order valence-corrected chi connectivity index (χ1v) is 9.78. The van der Waals surface area contributed by atoms with Crippen LogP contribution in [0.15, 0.2) is 41.1 Å². The number of fused-ring (bicyclic) bond motifs is 1. The van der Waals surface area contributed by atoms with E-state index in [4.69, 9.17) is 4.42 Å². The van der Waals surface area contributed by atoms with E-state index in [0.29, 0.717) is 18.5 Å². The number of hydrogen-bond donors (Lipinski definition) is 1. The van der Waals surface area contributed by atoms with Crippen LogP contribution in [0.1, 0.15) is 34.5 Å². The van der Waals surface area contributed by atoms with Crippen molar-refractivity contribution in [2.75, 3.05) is 0 Å². The highest BCUT2D eigenvalue weighted by atomic mass is 16.3. The number of aromatic nitrogens is 2. The van der Waals surface area contributed by atoms with Crippen LogP contribution >= 0.6 is 0 Å². The summed E-state index contributed by atoms with van der Waals surface area (Å²) in [4.78, 5) is 42.7. The van der Waals surface area contributed by atoms with Crippen LogP contribution in [0, 0.1) is 6.92 Å². The molecule has 8 nitrogen and oxygen atoms in total. The van der Waals surface area contributed by atoms with Gasteiger partial charge >= 0.3 is 0 Å². The number of aryl methyl sites for hydroxylation is 2. The van der Waals surface area contributed by atoms with Gasteiger partial charge in [-0.1, -0.05) is 6.07 Å². The molecule has 0 spiro atoms. The predicted molar refractivity (Wildman–Crippen MR) is 107 cm³/mol. The zero-order chi connectivity index (χ0) is 21.0. The third-order valence-corrected chi connectivity index (χ3v) is 5.71. The van der Waals surface area contributed by atoms with Crippen LogP contribution in [0.25, 0.3) is 22.7 Å². The number of amides is 3. The number of carbonyl (C=O) groups excluding carboxylic acids is 3. The first kappa shape index (κ1) is 18.4. The topological polar surface area (TPSA) is 97.4 Å². The molecule has 8 heteroatoms. The van der Waals surface area contributed by atoms with E-state index in [2.05, 4.69) is 10.3 Å². The summed E-state index contributed by atoms with van der Waals surface area (Å²) >= 11 is 0. The third kappa shape index (κ3) is 2.83. The van der Waals surface area contributed by atoms with Crippen molar-refractivity contribution in [2.45, 2.75) is 32.4 Å². The predicted octanol–water partition coefficient (Wildman–Crippen LogP) is 2.42. The summed E-state index contributed by atoms with van der Waals surface area (Å²) in [5.41, 5.74) is 3.91. The molecule has 2 aliphatic rings. The Morgan fingerprint density at radius 3 is 2.73 bits per heavy atom. The standard InChI is InChI=1S/C22H20N4O4/c1-12-3-7-17(30-12)20-19(23-11-25(20)2)13-4-5-15-14(9-13)10-26(22(15)29)16-6-8-18(27)24-21(16)28/h3-5,7,9,11,16H,6,8,10H2,1-2H3,(H,24,27,28). The van der Waals surface area contributed by atoms with Gasteiger partial charge in [0.2, 0.25) is 11.8 Å². The lowest BCUT2D eigenvalue weighted by Gasteiger charge is -2.29. The molecular weight excluding hydrogens is 384 g/mol. The summed E-state index contributed by atoms with van der Waals surface area (Å²) < 4.78 is 7.71. The Morgan fingerprint density at radius 2 is 2.00 bits per heavy atom. The molecule has 4 heterocycles. The fourth-order valence-electron chi connectivity index (χ4n) is 4.22. The highest BCUT2D eigenvalue weighted by Gasteiger charge is 2.39. The van der Waals surface area contributed by atoms with Gasteiger partial charge in [-0.3, -0.25) is 19.7 Å². The summed E-state index contributed by atoms with van der Waals surface area (Å²) in [6.45, 7) is 2.22. The third-order valence-electron chi connectivity index (χ3n) is 5.71. The maximum Gasteiger partial charge on any atom is 0.255 e. The van der Waals surface area contributed by atoms with Crippen molar-refractivity contribution in [3.05, 3.63) is 53.5 Å². The SMILES string of the molecule is Cc1ccc(-c2c(-c3ccc4c(c3)CN(C3CCC(=O)NC3=O)C4=O)ncn2C)o1. The van der Waals surface area contributed by atoms with Gasteiger partial charge in [0.15, 0.2) is 5.76 Å². The van der Waals surface area contributed by atoms with E-state index in [-0.39, 0.29) is 18.2 Å². The smallest absolute Gasteiger partial charge is 0.255 e. The van der Waals surface area contributed by atoms with E-state index in [1.807, 2.05) is 42.8 Å². The van der Waals surface area contributed by atoms with Crippen LogP contribution in [0.2, 0.25) is 0 Å². The van der Waals surface area contributed by atoms with E-state index in [0.717, 1.165) is 34.0 Å². The molecule has 3 aromatic rings. The largest absolute Gasteiger partial charge is 0.460 e. The molecule has 1 saturated heterocycles. The first-order valence-electron chi connectivity index (χ1n) is 9.78. The maximum absolute atomic E-state index is 12.9. The van der Waals surface area contributed by atoms with Crippen molar-refractivity contribution < 1.29 is 18.8 Å². The number of benzene rings is 1. The molecule has 0 aliphatic carbocycles. The minimum atomic E-state index is -0.623. The molecule has 1 atom stereocenters. The highest BCUT2D eigenvalue weighted by Crippen LogP contribution is 2.35. The number of piperidine rings is 1. The maximum atomic E-state index is 12.9. The van der Waals surface area contributed by atoms with Gasteiger partial charge in [-0.15, -0.1) is 0 Å². The van der Waals surface area contributed by atoms with Crippen LogP contribution in [0.5, 0.6) is 0 Å². The molecule has 1 aromatic carbocycles. The quantitative estimate of drug-likeness (QED) is 0.676. The van der Waals surface area contributed by atoms with E-state index >= 15 is 0 Å². The number of carbonyl (C=O) groups is 3. The second kappa shape index (κ2) is 6.69. The van der Waals surface area contributed by atoms with Crippen LogP contribution in [0.4, 0.5) is 0 Å². The normalized spacial score (nSPS) is 18.7. The summed E-state index contributed by atoms with van der Waals surface area (Å²) in [6, 6.07) is 8.79. The number of furan rings is 1. The van der Waals surface area contributed by atoms with Gasteiger partial charge < -0.3 is 13.9 Å². The molecule has 3 amide bonds.